The molecule has 2 aromatic carbocycles. The van der Waals surface area contributed by atoms with Crippen molar-refractivity contribution >= 4 is 30.3 Å². The van der Waals surface area contributed by atoms with Crippen molar-refractivity contribution in [3.8, 4) is 0 Å². The van der Waals surface area contributed by atoms with Gasteiger partial charge in [-0.15, -0.1) is 0 Å². The standard InChI is InChI=1S/C17H15NO3Se/c1-21-17(20)14(11-12-7-3-2-4-8-12)18-16(19)13-9-5-6-10-15(13)22-18/h2-10,14H,11H2,1H3/t14-/m0/s1. The summed E-state index contributed by atoms with van der Waals surface area (Å²) in [4.78, 5) is 24.8. The van der Waals surface area contributed by atoms with Crippen LogP contribution in [0.3, 0.4) is 0 Å². The van der Waals surface area contributed by atoms with Crippen molar-refractivity contribution in [3.05, 3.63) is 70.5 Å². The minimum absolute atomic E-state index is 0.0815. The van der Waals surface area contributed by atoms with Crippen molar-refractivity contribution in [3.63, 3.8) is 0 Å². The molecule has 0 bridgehead atoms. The summed E-state index contributed by atoms with van der Waals surface area (Å²) in [6.07, 6.45) is 0.467. The normalized spacial score (nSPS) is 12.2. The minimum atomic E-state index is -0.577. The second kappa shape index (κ2) is 6.34. The summed E-state index contributed by atoms with van der Waals surface area (Å²) in [5.74, 6) is -0.369. The number of aromatic nitrogens is 1. The molecule has 0 unspecified atom stereocenters. The summed E-state index contributed by atoms with van der Waals surface area (Å²) in [7, 11) is 1.36. The molecule has 1 heterocycles. The molecule has 22 heavy (non-hydrogen) atoms. The number of methoxy groups -OCH3 is 1. The average molecular weight is 360 g/mol. The van der Waals surface area contributed by atoms with Gasteiger partial charge < -0.3 is 0 Å². The van der Waals surface area contributed by atoms with Gasteiger partial charge in [-0.25, -0.2) is 0 Å². The first-order valence-corrected chi connectivity index (χ1v) is 8.55. The fourth-order valence-corrected chi connectivity index (χ4v) is 4.68. The Balaban J connectivity index is 2.06. The van der Waals surface area contributed by atoms with Gasteiger partial charge >= 0.3 is 134 Å². The third-order valence-corrected chi connectivity index (χ3v) is 6.00. The van der Waals surface area contributed by atoms with E-state index in [1.54, 1.807) is 3.56 Å². The van der Waals surface area contributed by atoms with Gasteiger partial charge in [0.1, 0.15) is 0 Å². The van der Waals surface area contributed by atoms with Crippen LogP contribution in [-0.4, -0.2) is 31.4 Å². The van der Waals surface area contributed by atoms with E-state index in [1.165, 1.54) is 7.11 Å². The first-order valence-electron chi connectivity index (χ1n) is 6.93. The monoisotopic (exact) mass is 361 g/mol. The Morgan fingerprint density at radius 3 is 2.50 bits per heavy atom. The Hall–Kier alpha value is -2.10. The van der Waals surface area contributed by atoms with Crippen molar-refractivity contribution in [2.45, 2.75) is 12.5 Å². The van der Waals surface area contributed by atoms with Crippen LogP contribution in [0.5, 0.6) is 0 Å². The first-order chi connectivity index (χ1) is 10.7. The molecule has 0 N–H and O–H groups in total. The molecule has 5 heteroatoms. The summed E-state index contributed by atoms with van der Waals surface area (Å²) in [5.41, 5.74) is 0.930. The Morgan fingerprint density at radius 1 is 1.14 bits per heavy atom. The van der Waals surface area contributed by atoms with Crippen LogP contribution in [0.2, 0.25) is 0 Å². The zero-order valence-corrected chi connectivity index (χ0v) is 13.8. The Bertz CT molecular complexity index is 851. The van der Waals surface area contributed by atoms with E-state index in [9.17, 15) is 9.59 Å². The number of esters is 1. The summed E-state index contributed by atoms with van der Waals surface area (Å²) in [6.45, 7) is 0. The molecule has 1 aromatic heterocycles. The molecule has 0 spiro atoms. The third-order valence-electron chi connectivity index (χ3n) is 3.54. The molecule has 0 saturated carbocycles. The van der Waals surface area contributed by atoms with Gasteiger partial charge in [-0.1, -0.05) is 0 Å². The van der Waals surface area contributed by atoms with Crippen LogP contribution >= 0.6 is 0 Å². The number of carbonyl (C=O) groups excluding carboxylic acids is 1. The number of rotatable bonds is 4. The second-order valence-corrected chi connectivity index (χ2v) is 7.08. The first kappa shape index (κ1) is 14.8. The molecule has 0 aliphatic rings. The van der Waals surface area contributed by atoms with Crippen LogP contribution in [0.4, 0.5) is 0 Å². The predicted octanol–water partition coefficient (Wildman–Crippen LogP) is 2.02. The van der Waals surface area contributed by atoms with E-state index >= 15 is 0 Å². The zero-order chi connectivity index (χ0) is 15.5. The van der Waals surface area contributed by atoms with Crippen molar-refractivity contribution in [2.75, 3.05) is 7.11 Å². The number of hydrogen-bond acceptors (Lipinski definition) is 3. The van der Waals surface area contributed by atoms with Crippen molar-refractivity contribution in [1.29, 1.82) is 0 Å². The van der Waals surface area contributed by atoms with Gasteiger partial charge in [0.25, 0.3) is 0 Å². The molecule has 4 nitrogen and oxygen atoms in total. The third kappa shape index (κ3) is 2.78. The van der Waals surface area contributed by atoms with E-state index in [0.717, 1.165) is 9.82 Å². The maximum absolute atomic E-state index is 12.6. The van der Waals surface area contributed by atoms with Crippen LogP contribution in [0.1, 0.15) is 11.6 Å². The van der Waals surface area contributed by atoms with Crippen molar-refractivity contribution < 1.29 is 9.53 Å². The van der Waals surface area contributed by atoms with Gasteiger partial charge in [0, 0.05) is 0 Å². The quantitative estimate of drug-likeness (QED) is 0.528. The summed E-state index contributed by atoms with van der Waals surface area (Å²) in [5, 5.41) is 0.699. The fraction of sp³-hybridized carbons (Fsp3) is 0.176. The van der Waals surface area contributed by atoms with E-state index in [4.69, 9.17) is 4.74 Å². The van der Waals surface area contributed by atoms with E-state index in [-0.39, 0.29) is 26.3 Å². The number of benzene rings is 2. The van der Waals surface area contributed by atoms with Crippen LogP contribution in [0, 0.1) is 0 Å². The summed E-state index contributed by atoms with van der Waals surface area (Å²) >= 11 is -0.193. The van der Waals surface area contributed by atoms with Gasteiger partial charge in [-0.3, -0.25) is 0 Å². The molecule has 0 aliphatic carbocycles. The van der Waals surface area contributed by atoms with E-state index in [1.807, 2.05) is 54.6 Å². The van der Waals surface area contributed by atoms with Gasteiger partial charge in [-0.05, 0) is 0 Å². The van der Waals surface area contributed by atoms with Crippen molar-refractivity contribution in [2.24, 2.45) is 0 Å². The van der Waals surface area contributed by atoms with Crippen molar-refractivity contribution in [1.82, 2.24) is 3.56 Å². The van der Waals surface area contributed by atoms with Crippen LogP contribution < -0.4 is 5.56 Å². The molecule has 1 atom stereocenters. The van der Waals surface area contributed by atoms with Crippen LogP contribution in [0.15, 0.2) is 59.4 Å². The molecule has 0 radical (unpaired) electrons. The zero-order valence-electron chi connectivity index (χ0n) is 12.1. The van der Waals surface area contributed by atoms with Crippen LogP contribution in [-0.2, 0) is 16.0 Å². The fourth-order valence-electron chi connectivity index (χ4n) is 2.43. The number of nitrogens with zero attached hydrogens (tertiary/aromatic N) is 1. The molecule has 0 fully saturated rings. The topological polar surface area (TPSA) is 48.3 Å². The van der Waals surface area contributed by atoms with Crippen LogP contribution in [0.25, 0.3) is 9.65 Å². The second-order valence-electron chi connectivity index (χ2n) is 4.95. The predicted molar refractivity (Wildman–Crippen MR) is 86.3 cm³/mol. The SMILES string of the molecule is COC(=O)[C@H](Cc1ccccc1)n1[se]c2ccccc2c1=O. The molecule has 3 rings (SSSR count). The number of carbonyl (C=O) groups is 1. The molecule has 0 amide bonds. The number of hydrogen-bond donors (Lipinski definition) is 0. The molecule has 112 valence electrons. The van der Waals surface area contributed by atoms with Gasteiger partial charge in [-0.2, -0.15) is 0 Å². The summed E-state index contributed by atoms with van der Waals surface area (Å²) in [6, 6.07) is 16.6. The molecule has 0 aliphatic heterocycles. The number of ether oxygens (including phenoxy) is 1. The molecular weight excluding hydrogens is 345 g/mol. The average Bonchev–Trinajstić information content (AvgIpc) is 2.90. The molecule has 3 aromatic rings. The van der Waals surface area contributed by atoms with Gasteiger partial charge in [0.2, 0.25) is 0 Å². The molecular formula is C17H15NO3Se. The Labute approximate surface area is 133 Å². The van der Waals surface area contributed by atoms with E-state index in [0.29, 0.717) is 11.8 Å². The number of fused-ring (bicyclic) bond motifs is 1. The maximum atomic E-state index is 12.6. The van der Waals surface area contributed by atoms with E-state index < -0.39 is 6.04 Å². The Kier molecular flexibility index (Phi) is 4.27. The Morgan fingerprint density at radius 2 is 1.82 bits per heavy atom. The summed E-state index contributed by atoms with van der Waals surface area (Å²) < 4.78 is 7.60. The van der Waals surface area contributed by atoms with Gasteiger partial charge in [0.05, 0.1) is 0 Å². The molecule has 0 saturated heterocycles. The van der Waals surface area contributed by atoms with Gasteiger partial charge in [0.15, 0.2) is 0 Å². The van der Waals surface area contributed by atoms with E-state index in [2.05, 4.69) is 0 Å².